The molecule has 0 aromatic heterocycles. The molecule has 3 rings (SSSR count). The van der Waals surface area contributed by atoms with Crippen LogP contribution in [0, 0.1) is 21.7 Å². The van der Waals surface area contributed by atoms with Crippen molar-refractivity contribution < 1.29 is 205 Å². The molecule has 0 aliphatic heterocycles. The van der Waals surface area contributed by atoms with Crippen molar-refractivity contribution >= 4 is 80.8 Å². The number of hydrogen-bond acceptors (Lipinski definition) is 41. The monoisotopic (exact) mass is 1920 g/mol. The summed E-state index contributed by atoms with van der Waals surface area (Å²) in [5.74, 6) is -17.3. The van der Waals surface area contributed by atoms with Crippen LogP contribution in [0.15, 0.2) is 54.6 Å². The Labute approximate surface area is 763 Å². The lowest BCUT2D eigenvalue weighted by molar-refractivity contribution is -0.162. The molecular formula is C82H136N10O41. The molecule has 0 aliphatic rings. The Hall–Kier alpha value is -8.52. The Morgan fingerprint density at radius 3 is 0.714 bits per heavy atom. The molecule has 0 bridgehead atoms. The lowest BCUT2D eigenvalue weighted by Crippen LogP contribution is -2.71. The van der Waals surface area contributed by atoms with Crippen LogP contribution in [0.3, 0.4) is 0 Å². The molecule has 3 aromatic rings. The highest BCUT2D eigenvalue weighted by Gasteiger charge is 2.61. The van der Waals surface area contributed by atoms with Crippen molar-refractivity contribution in [3.05, 3.63) is 60.2 Å². The number of aliphatic hydroxyl groups is 27. The highest BCUT2D eigenvalue weighted by Crippen LogP contribution is 2.37. The Kier molecular flexibility index (Phi) is 49.6. The number of amides is 10. The minimum absolute atomic E-state index is 0.0272. The molecule has 0 fully saturated rings. The summed E-state index contributed by atoms with van der Waals surface area (Å²) in [7, 11) is 0. The molecule has 0 heterocycles. The van der Waals surface area contributed by atoms with Gasteiger partial charge in [0.25, 0.3) is 0 Å². The number of ether oxygens (including phenoxy) is 4. The van der Waals surface area contributed by atoms with Crippen molar-refractivity contribution in [2.45, 2.75) is 121 Å². The average Bonchev–Trinajstić information content (AvgIpc) is 0.763. The van der Waals surface area contributed by atoms with Gasteiger partial charge in [0.2, 0.25) is 69.4 Å². The first kappa shape index (κ1) is 119. The minimum Gasteiger partial charge on any atom is -0.445 e. The van der Waals surface area contributed by atoms with Crippen LogP contribution < -0.4 is 53.2 Å². The smallest absolute Gasteiger partial charge is 0.407 e. The standard InChI is InChI=1S/C82H136N10O41/c93-25-71(26-94,27-95)84-60(120)80(61(121)85-72(28-96,29-97)30-98,62(122)86-73(31-99,32-100)33-101)16-10-20-130-52-70(15-8-2-1-3-9-19-83-69(129)133-24-59-57-13-6-4-11-55(57)23-56-12-5-7-14-58(56)59,53-131-21-17-81(63(123)87-74(34-102,35-103)36-104,64(124)88-75(37-105,38-106)39-107)65(125)89-76(40-108,41-109)42-110)54-132-22-18-82(66(126)90-77(43-111,44-112)45-113,67(127)91-78(46-114,47-115)48-116)68(128)92-79(49-117,50-118)51-119/h4-7,11-14,23,93-119H,1-3,8-10,15-22,24-54H2,(H,83,129)(H,84,120)(H,85,121)(H,86,122)(H,87,123)(H,88,124)(H,89,125)(H,90,126)(H,91,127)(H,92,128). The Morgan fingerprint density at radius 1 is 0.248 bits per heavy atom. The van der Waals surface area contributed by atoms with Crippen LogP contribution in [0.2, 0.25) is 0 Å². The largest absolute Gasteiger partial charge is 0.445 e. The Balaban J connectivity index is 2.61. The van der Waals surface area contributed by atoms with Gasteiger partial charge in [0.05, 0.1) is 198 Å². The van der Waals surface area contributed by atoms with Crippen LogP contribution in [0.4, 0.5) is 4.79 Å². The number of hydrogen-bond donors (Lipinski definition) is 37. The SMILES string of the molecule is O=C(NCCCCCCCC(COCCCC(C(=O)NC(CO)(CO)CO)(C(=O)NC(CO)(CO)CO)C(=O)NC(CO)(CO)CO)(COCCC(C(=O)NC(CO)(CO)CO)(C(=O)NC(CO)(CO)CO)C(=O)NC(CO)(CO)CO)COCCC(C(=O)NC(CO)(CO)CO)(C(=O)NC(CO)(CO)CO)C(=O)NC(CO)(CO)CO)OCc1c2ccccc2cc2ccccc12. The maximum absolute atomic E-state index is 15.3. The fraction of sp³-hybridized carbons (Fsp3) is 0.707. The second-order valence-electron chi connectivity index (χ2n) is 33.7. The molecule has 0 saturated carbocycles. The van der Waals surface area contributed by atoms with E-state index in [4.69, 9.17) is 18.9 Å². The second kappa shape index (κ2) is 55.6. The summed E-state index contributed by atoms with van der Waals surface area (Å²) in [6, 6.07) is 16.9. The Bertz CT molecular complexity index is 3600. The summed E-state index contributed by atoms with van der Waals surface area (Å²) in [6.45, 7) is -44.0. The number of benzene rings is 3. The highest BCUT2D eigenvalue weighted by molar-refractivity contribution is 6.25. The maximum Gasteiger partial charge on any atom is 0.407 e. The number of carbonyl (C=O) groups excluding carboxylic acids is 10. The van der Waals surface area contributed by atoms with Crippen molar-refractivity contribution in [3.63, 3.8) is 0 Å². The fourth-order valence-corrected chi connectivity index (χ4v) is 13.4. The quantitative estimate of drug-likeness (QED) is 0.0142. The van der Waals surface area contributed by atoms with Crippen LogP contribution >= 0.6 is 0 Å². The van der Waals surface area contributed by atoms with Crippen LogP contribution in [-0.4, -0.2) is 472 Å². The fourth-order valence-electron chi connectivity index (χ4n) is 13.4. The zero-order valence-corrected chi connectivity index (χ0v) is 73.8. The summed E-state index contributed by atoms with van der Waals surface area (Å²) in [4.78, 5) is 151. The number of rotatable bonds is 71. The number of aliphatic hydroxyl groups excluding tert-OH is 27. The summed E-state index contributed by atoms with van der Waals surface area (Å²) >= 11 is 0. The first-order chi connectivity index (χ1) is 63.3. The third-order valence-electron chi connectivity index (χ3n) is 23.8. The first-order valence-corrected chi connectivity index (χ1v) is 42.3. The van der Waals surface area contributed by atoms with Gasteiger partial charge in [-0.2, -0.15) is 0 Å². The van der Waals surface area contributed by atoms with Crippen molar-refractivity contribution in [1.29, 1.82) is 0 Å². The van der Waals surface area contributed by atoms with E-state index in [-0.39, 0.29) is 38.8 Å². The molecule has 3 aromatic carbocycles. The molecule has 0 aliphatic carbocycles. The van der Waals surface area contributed by atoms with E-state index in [1.807, 2.05) is 102 Å². The number of fused-ring (bicyclic) bond motifs is 2. The molecule has 51 nitrogen and oxygen atoms in total. The molecule has 37 N–H and O–H groups in total. The predicted molar refractivity (Wildman–Crippen MR) is 457 cm³/mol. The van der Waals surface area contributed by atoms with E-state index in [0.717, 1.165) is 27.1 Å². The minimum atomic E-state index is -3.67. The number of nitrogens with one attached hydrogen (secondary N) is 10. The zero-order valence-electron chi connectivity index (χ0n) is 73.8. The van der Waals surface area contributed by atoms with Gasteiger partial charge in [0.15, 0.2) is 0 Å². The lowest BCUT2D eigenvalue weighted by atomic mass is 9.77. The van der Waals surface area contributed by atoms with E-state index in [2.05, 4.69) is 5.32 Å². The highest BCUT2D eigenvalue weighted by atomic mass is 16.5. The zero-order chi connectivity index (χ0) is 100. The molecule has 51 heteroatoms. The van der Waals surface area contributed by atoms with Gasteiger partial charge in [0, 0.05) is 50.2 Å². The van der Waals surface area contributed by atoms with Gasteiger partial charge in [0.1, 0.15) is 56.5 Å². The molecule has 760 valence electrons. The molecule has 0 saturated heterocycles. The van der Waals surface area contributed by atoms with Gasteiger partial charge < -0.3 is 210 Å². The third kappa shape index (κ3) is 29.0. The molecule has 0 unspecified atom stereocenters. The number of carbonyl (C=O) groups is 10. The lowest BCUT2D eigenvalue weighted by Gasteiger charge is -2.41. The average molecular weight is 1920 g/mol. The summed E-state index contributed by atoms with van der Waals surface area (Å²) in [6.07, 6.45) is -5.34. The number of unbranched alkanes of at least 4 members (excludes halogenated alkanes) is 4. The van der Waals surface area contributed by atoms with Gasteiger partial charge in [-0.3, -0.25) is 43.2 Å². The van der Waals surface area contributed by atoms with E-state index in [0.29, 0.717) is 6.42 Å². The van der Waals surface area contributed by atoms with Gasteiger partial charge in [-0.15, -0.1) is 0 Å². The van der Waals surface area contributed by atoms with Gasteiger partial charge in [-0.25, -0.2) is 4.79 Å². The molecular weight excluding hydrogens is 1780 g/mol. The van der Waals surface area contributed by atoms with Crippen LogP contribution in [0.1, 0.15) is 69.8 Å². The third-order valence-corrected chi connectivity index (χ3v) is 23.8. The Morgan fingerprint density at radius 2 is 0.466 bits per heavy atom. The van der Waals surface area contributed by atoms with E-state index < -0.39 is 381 Å². The van der Waals surface area contributed by atoms with Crippen LogP contribution in [0.25, 0.3) is 21.5 Å². The topological polar surface area (TPSA) is 874 Å². The van der Waals surface area contributed by atoms with Crippen molar-refractivity contribution in [3.8, 4) is 0 Å². The molecule has 133 heavy (non-hydrogen) atoms. The first-order valence-electron chi connectivity index (χ1n) is 42.3. The molecule has 0 atom stereocenters. The van der Waals surface area contributed by atoms with Crippen molar-refractivity contribution in [2.75, 3.05) is 225 Å². The summed E-state index contributed by atoms with van der Waals surface area (Å²) < 4.78 is 24.7. The van der Waals surface area contributed by atoms with E-state index >= 15 is 43.2 Å². The summed E-state index contributed by atoms with van der Waals surface area (Å²) in [5, 5.41) is 308. The van der Waals surface area contributed by atoms with Crippen LogP contribution in [-0.2, 0) is 68.7 Å². The second-order valence-corrected chi connectivity index (χ2v) is 33.7. The normalized spacial score (nSPS) is 13.0. The van der Waals surface area contributed by atoms with E-state index in [1.54, 1.807) is 0 Å². The van der Waals surface area contributed by atoms with Gasteiger partial charge in [-0.1, -0.05) is 74.2 Å². The molecule has 0 radical (unpaired) electrons. The predicted octanol–water partition coefficient (Wildman–Crippen LogP) is -16.4. The van der Waals surface area contributed by atoms with E-state index in [1.165, 1.54) is 0 Å². The molecule has 10 amide bonds. The van der Waals surface area contributed by atoms with Gasteiger partial charge in [-0.05, 0) is 53.3 Å². The number of alkyl carbamates (subject to hydrolysis) is 1. The van der Waals surface area contributed by atoms with E-state index in [9.17, 15) is 143 Å². The molecule has 0 spiro atoms. The van der Waals surface area contributed by atoms with Gasteiger partial charge >= 0.3 is 6.09 Å². The van der Waals surface area contributed by atoms with Crippen LogP contribution in [0.5, 0.6) is 0 Å². The maximum atomic E-state index is 15.3. The van der Waals surface area contributed by atoms with Crippen molar-refractivity contribution in [2.24, 2.45) is 21.7 Å². The van der Waals surface area contributed by atoms with Crippen molar-refractivity contribution in [1.82, 2.24) is 53.2 Å². The summed E-state index contributed by atoms with van der Waals surface area (Å²) in [5.41, 5.74) is -35.6.